The SMILES string of the molecule is CCN1C=C/C(=C/c2c([N+](=O)[O-])cccc2[N+](=O)[O-])c2ccccc21. The second-order valence-electron chi connectivity index (χ2n) is 5.44. The molecule has 7 heteroatoms. The maximum atomic E-state index is 11.3. The summed E-state index contributed by atoms with van der Waals surface area (Å²) in [6.45, 7) is 2.79. The van der Waals surface area contributed by atoms with E-state index in [9.17, 15) is 20.2 Å². The molecule has 25 heavy (non-hydrogen) atoms. The van der Waals surface area contributed by atoms with Gasteiger partial charge in [-0.1, -0.05) is 18.2 Å². The molecule has 0 saturated carbocycles. The Morgan fingerprint density at radius 2 is 1.64 bits per heavy atom. The first kappa shape index (κ1) is 16.4. The first-order valence-corrected chi connectivity index (χ1v) is 7.70. The Morgan fingerprint density at radius 3 is 2.24 bits per heavy atom. The van der Waals surface area contributed by atoms with Gasteiger partial charge in [0, 0.05) is 36.1 Å². The predicted octanol–water partition coefficient (Wildman–Crippen LogP) is 4.40. The van der Waals surface area contributed by atoms with Crippen molar-refractivity contribution in [1.29, 1.82) is 0 Å². The van der Waals surface area contributed by atoms with E-state index in [-0.39, 0.29) is 16.9 Å². The Labute approximate surface area is 143 Å². The zero-order valence-electron chi connectivity index (χ0n) is 13.5. The van der Waals surface area contributed by atoms with Crippen LogP contribution in [0.4, 0.5) is 17.1 Å². The summed E-state index contributed by atoms with van der Waals surface area (Å²) in [6.07, 6.45) is 5.19. The number of nitrogens with zero attached hydrogens (tertiary/aromatic N) is 3. The summed E-state index contributed by atoms with van der Waals surface area (Å²) in [5, 5.41) is 22.6. The molecule has 0 spiro atoms. The van der Waals surface area contributed by atoms with Crippen molar-refractivity contribution >= 4 is 28.7 Å². The standard InChI is InChI=1S/C18H15N3O4/c1-2-19-11-10-13(14-6-3-4-7-16(14)19)12-15-17(20(22)23)8-5-9-18(15)21(24)25/h3-12H,2H2,1H3/b13-12-. The van der Waals surface area contributed by atoms with E-state index in [2.05, 4.69) is 0 Å². The number of hydrogen-bond acceptors (Lipinski definition) is 5. The van der Waals surface area contributed by atoms with Gasteiger partial charge in [0.05, 0.1) is 9.85 Å². The molecule has 126 valence electrons. The average Bonchev–Trinajstić information content (AvgIpc) is 2.61. The molecule has 1 aliphatic heterocycles. The number of anilines is 1. The molecule has 7 nitrogen and oxygen atoms in total. The van der Waals surface area contributed by atoms with Crippen LogP contribution in [0.5, 0.6) is 0 Å². The quantitative estimate of drug-likeness (QED) is 0.609. The number of hydrogen-bond donors (Lipinski definition) is 0. The second kappa shape index (κ2) is 6.56. The van der Waals surface area contributed by atoms with Crippen LogP contribution < -0.4 is 4.90 Å². The lowest BCUT2D eigenvalue weighted by atomic mass is 9.96. The molecule has 0 N–H and O–H groups in total. The maximum Gasteiger partial charge on any atom is 0.283 e. The van der Waals surface area contributed by atoms with Crippen LogP contribution in [-0.2, 0) is 0 Å². The summed E-state index contributed by atoms with van der Waals surface area (Å²) >= 11 is 0. The third kappa shape index (κ3) is 2.99. The van der Waals surface area contributed by atoms with E-state index in [0.717, 1.165) is 17.8 Å². The minimum atomic E-state index is -0.601. The minimum absolute atomic E-state index is 0.00287. The van der Waals surface area contributed by atoms with Gasteiger partial charge >= 0.3 is 0 Å². The number of nitro benzene ring substituents is 2. The molecular formula is C18H15N3O4. The van der Waals surface area contributed by atoms with Gasteiger partial charge in [-0.05, 0) is 36.8 Å². The van der Waals surface area contributed by atoms with Crippen LogP contribution in [-0.4, -0.2) is 16.4 Å². The van der Waals surface area contributed by atoms with Crippen LogP contribution in [0.15, 0.2) is 54.7 Å². The molecule has 0 unspecified atom stereocenters. The molecule has 0 aliphatic carbocycles. The topological polar surface area (TPSA) is 89.5 Å². The summed E-state index contributed by atoms with van der Waals surface area (Å²) < 4.78 is 0. The number of allylic oxidation sites excluding steroid dienone is 2. The fraction of sp³-hybridized carbons (Fsp3) is 0.111. The minimum Gasteiger partial charge on any atom is -0.348 e. The van der Waals surface area contributed by atoms with Gasteiger partial charge in [0.15, 0.2) is 0 Å². The average molecular weight is 337 g/mol. The van der Waals surface area contributed by atoms with Crippen LogP contribution in [0, 0.1) is 20.2 Å². The predicted molar refractivity (Wildman–Crippen MR) is 96.2 cm³/mol. The lowest BCUT2D eigenvalue weighted by Gasteiger charge is -2.26. The Morgan fingerprint density at radius 1 is 1.00 bits per heavy atom. The molecule has 1 heterocycles. The van der Waals surface area contributed by atoms with E-state index < -0.39 is 9.85 Å². The lowest BCUT2D eigenvalue weighted by Crippen LogP contribution is -2.18. The Hall–Kier alpha value is -3.48. The van der Waals surface area contributed by atoms with Crippen molar-refractivity contribution in [1.82, 2.24) is 0 Å². The molecule has 3 rings (SSSR count). The molecule has 0 aromatic heterocycles. The van der Waals surface area contributed by atoms with Gasteiger partial charge in [-0.2, -0.15) is 0 Å². The first-order valence-electron chi connectivity index (χ1n) is 7.70. The van der Waals surface area contributed by atoms with Gasteiger partial charge in [-0.25, -0.2) is 0 Å². The Bertz CT molecular complexity index is 886. The molecule has 0 bridgehead atoms. The van der Waals surface area contributed by atoms with Crippen LogP contribution >= 0.6 is 0 Å². The monoisotopic (exact) mass is 337 g/mol. The Balaban J connectivity index is 2.23. The number of nitro groups is 2. The zero-order valence-corrected chi connectivity index (χ0v) is 13.5. The molecule has 2 aromatic rings. The number of benzene rings is 2. The van der Waals surface area contributed by atoms with E-state index >= 15 is 0 Å². The molecule has 0 atom stereocenters. The van der Waals surface area contributed by atoms with E-state index in [1.54, 1.807) is 0 Å². The van der Waals surface area contributed by atoms with E-state index in [1.165, 1.54) is 24.3 Å². The zero-order chi connectivity index (χ0) is 18.0. The second-order valence-corrected chi connectivity index (χ2v) is 5.44. The summed E-state index contributed by atoms with van der Waals surface area (Å²) in [6, 6.07) is 11.5. The highest BCUT2D eigenvalue weighted by molar-refractivity contribution is 5.97. The van der Waals surface area contributed by atoms with Crippen LogP contribution in [0.1, 0.15) is 18.1 Å². The largest absolute Gasteiger partial charge is 0.348 e. The Kier molecular flexibility index (Phi) is 4.30. The van der Waals surface area contributed by atoms with Gasteiger partial charge < -0.3 is 4.90 Å². The fourth-order valence-electron chi connectivity index (χ4n) is 2.87. The normalized spacial score (nSPS) is 14.4. The number of rotatable bonds is 4. The summed E-state index contributed by atoms with van der Waals surface area (Å²) in [5.41, 5.74) is 1.95. The van der Waals surface area contributed by atoms with Crippen molar-refractivity contribution in [2.75, 3.05) is 11.4 Å². The maximum absolute atomic E-state index is 11.3. The third-order valence-electron chi connectivity index (χ3n) is 4.05. The molecule has 0 fully saturated rings. The molecule has 0 amide bonds. The van der Waals surface area contributed by atoms with Gasteiger partial charge in [-0.3, -0.25) is 20.2 Å². The highest BCUT2D eigenvalue weighted by Crippen LogP contribution is 2.37. The highest BCUT2D eigenvalue weighted by atomic mass is 16.6. The number of fused-ring (bicyclic) bond motifs is 1. The van der Waals surface area contributed by atoms with Gasteiger partial charge in [0.2, 0.25) is 0 Å². The van der Waals surface area contributed by atoms with Crippen LogP contribution in [0.2, 0.25) is 0 Å². The van der Waals surface area contributed by atoms with Crippen molar-refractivity contribution < 1.29 is 9.85 Å². The van der Waals surface area contributed by atoms with Crippen molar-refractivity contribution in [3.63, 3.8) is 0 Å². The highest BCUT2D eigenvalue weighted by Gasteiger charge is 2.24. The molecule has 0 radical (unpaired) electrons. The van der Waals surface area contributed by atoms with Crippen molar-refractivity contribution in [3.05, 3.63) is 86.1 Å². The van der Waals surface area contributed by atoms with Crippen LogP contribution in [0.25, 0.3) is 11.6 Å². The lowest BCUT2D eigenvalue weighted by molar-refractivity contribution is -0.394. The number of para-hydroxylation sites is 1. The van der Waals surface area contributed by atoms with E-state index in [1.807, 2.05) is 48.4 Å². The van der Waals surface area contributed by atoms with Gasteiger partial charge in [0.1, 0.15) is 5.56 Å². The fourth-order valence-corrected chi connectivity index (χ4v) is 2.87. The smallest absolute Gasteiger partial charge is 0.283 e. The first-order chi connectivity index (χ1) is 12.0. The van der Waals surface area contributed by atoms with Crippen molar-refractivity contribution in [2.24, 2.45) is 0 Å². The van der Waals surface area contributed by atoms with Crippen molar-refractivity contribution in [2.45, 2.75) is 6.92 Å². The van der Waals surface area contributed by atoms with Gasteiger partial charge in [-0.15, -0.1) is 0 Å². The summed E-state index contributed by atoms with van der Waals surface area (Å²) in [5.74, 6) is 0. The third-order valence-corrected chi connectivity index (χ3v) is 4.05. The van der Waals surface area contributed by atoms with Gasteiger partial charge in [0.25, 0.3) is 11.4 Å². The molecular weight excluding hydrogens is 322 g/mol. The molecule has 0 saturated heterocycles. The molecule has 1 aliphatic rings. The summed E-state index contributed by atoms with van der Waals surface area (Å²) in [4.78, 5) is 23.5. The van der Waals surface area contributed by atoms with Crippen molar-refractivity contribution in [3.8, 4) is 0 Å². The van der Waals surface area contributed by atoms with E-state index in [0.29, 0.717) is 5.57 Å². The molecule has 2 aromatic carbocycles. The van der Waals surface area contributed by atoms with Crippen LogP contribution in [0.3, 0.4) is 0 Å². The van der Waals surface area contributed by atoms with E-state index in [4.69, 9.17) is 0 Å². The summed E-state index contributed by atoms with van der Waals surface area (Å²) in [7, 11) is 0.